The fraction of sp³-hybridized carbons (Fsp3) is 0.185. The lowest BCUT2D eigenvalue weighted by atomic mass is 10.0. The molecule has 4 aromatic rings. The molecule has 1 N–H and O–H groups in total. The Balaban J connectivity index is 1.39. The summed E-state index contributed by atoms with van der Waals surface area (Å²) in [6.45, 7) is 3.30. The SMILES string of the molecule is C[C@@H](C(=O)Nc1ccccc1-c1ccccc1)N(C)Cc1cnn(Cc2ccccc2)c1. The molecule has 0 aliphatic carbocycles. The zero-order chi connectivity index (χ0) is 22.3. The van der Waals surface area contributed by atoms with Crippen LogP contribution in [0.3, 0.4) is 0 Å². The second-order valence-corrected chi connectivity index (χ2v) is 8.02. The highest BCUT2D eigenvalue weighted by atomic mass is 16.2. The fourth-order valence-electron chi connectivity index (χ4n) is 3.67. The number of para-hydroxylation sites is 1. The van der Waals surface area contributed by atoms with Crippen LogP contribution in [0, 0.1) is 0 Å². The third kappa shape index (κ3) is 5.31. The maximum Gasteiger partial charge on any atom is 0.241 e. The average molecular weight is 425 g/mol. The summed E-state index contributed by atoms with van der Waals surface area (Å²) in [7, 11) is 1.96. The Morgan fingerprint density at radius 2 is 1.59 bits per heavy atom. The molecule has 0 unspecified atom stereocenters. The van der Waals surface area contributed by atoms with Gasteiger partial charge in [-0.15, -0.1) is 0 Å². The Hall–Kier alpha value is -3.70. The number of rotatable bonds is 8. The summed E-state index contributed by atoms with van der Waals surface area (Å²) in [4.78, 5) is 15.0. The van der Waals surface area contributed by atoms with Crippen LogP contribution < -0.4 is 5.32 Å². The molecule has 0 fully saturated rings. The van der Waals surface area contributed by atoms with Gasteiger partial charge in [0.2, 0.25) is 5.91 Å². The van der Waals surface area contributed by atoms with Crippen molar-refractivity contribution in [3.05, 3.63) is 108 Å². The van der Waals surface area contributed by atoms with Gasteiger partial charge in [-0.05, 0) is 31.2 Å². The molecule has 0 saturated carbocycles. The van der Waals surface area contributed by atoms with Crippen LogP contribution in [0.15, 0.2) is 97.3 Å². The van der Waals surface area contributed by atoms with Crippen molar-refractivity contribution in [2.24, 2.45) is 0 Å². The molecule has 3 aromatic carbocycles. The lowest BCUT2D eigenvalue weighted by Crippen LogP contribution is -2.39. The van der Waals surface area contributed by atoms with E-state index in [1.807, 2.05) is 109 Å². The highest BCUT2D eigenvalue weighted by Crippen LogP contribution is 2.27. The molecule has 5 heteroatoms. The molecule has 0 aliphatic heterocycles. The zero-order valence-corrected chi connectivity index (χ0v) is 18.5. The second-order valence-electron chi connectivity index (χ2n) is 8.02. The molecule has 0 radical (unpaired) electrons. The van der Waals surface area contributed by atoms with Crippen molar-refractivity contribution in [2.45, 2.75) is 26.1 Å². The Morgan fingerprint density at radius 1 is 0.938 bits per heavy atom. The molecule has 1 amide bonds. The van der Waals surface area contributed by atoms with E-state index in [9.17, 15) is 4.79 Å². The largest absolute Gasteiger partial charge is 0.324 e. The van der Waals surface area contributed by atoms with E-state index in [1.54, 1.807) is 0 Å². The van der Waals surface area contributed by atoms with Crippen molar-refractivity contribution >= 4 is 11.6 Å². The third-order valence-electron chi connectivity index (χ3n) is 5.62. The summed E-state index contributed by atoms with van der Waals surface area (Å²) in [5.41, 5.74) is 5.20. The van der Waals surface area contributed by atoms with Crippen molar-refractivity contribution in [2.75, 3.05) is 12.4 Å². The van der Waals surface area contributed by atoms with Crippen LogP contribution in [0.1, 0.15) is 18.1 Å². The van der Waals surface area contributed by atoms with E-state index in [4.69, 9.17) is 0 Å². The normalized spacial score (nSPS) is 12.0. The van der Waals surface area contributed by atoms with Gasteiger partial charge in [-0.3, -0.25) is 14.4 Å². The van der Waals surface area contributed by atoms with Gasteiger partial charge in [0.1, 0.15) is 0 Å². The molecule has 1 aromatic heterocycles. The zero-order valence-electron chi connectivity index (χ0n) is 18.5. The van der Waals surface area contributed by atoms with Gasteiger partial charge in [-0.1, -0.05) is 78.9 Å². The van der Waals surface area contributed by atoms with E-state index in [2.05, 4.69) is 22.5 Å². The van der Waals surface area contributed by atoms with Gasteiger partial charge in [0.25, 0.3) is 0 Å². The number of nitrogens with zero attached hydrogens (tertiary/aromatic N) is 3. The second kappa shape index (κ2) is 10.1. The Morgan fingerprint density at radius 3 is 2.34 bits per heavy atom. The van der Waals surface area contributed by atoms with Crippen LogP contribution in [0.4, 0.5) is 5.69 Å². The van der Waals surface area contributed by atoms with Crippen LogP contribution in [0.25, 0.3) is 11.1 Å². The van der Waals surface area contributed by atoms with Gasteiger partial charge in [0.05, 0.1) is 18.8 Å². The summed E-state index contributed by atoms with van der Waals surface area (Å²) >= 11 is 0. The van der Waals surface area contributed by atoms with E-state index < -0.39 is 0 Å². The smallest absolute Gasteiger partial charge is 0.241 e. The summed E-state index contributed by atoms with van der Waals surface area (Å²) < 4.78 is 1.93. The number of amides is 1. The monoisotopic (exact) mass is 424 g/mol. The molecule has 1 heterocycles. The molecule has 0 aliphatic rings. The minimum absolute atomic E-state index is 0.0347. The van der Waals surface area contributed by atoms with Crippen LogP contribution in [-0.4, -0.2) is 33.7 Å². The lowest BCUT2D eigenvalue weighted by Gasteiger charge is -2.24. The summed E-state index contributed by atoms with van der Waals surface area (Å²) in [5.74, 6) is -0.0347. The highest BCUT2D eigenvalue weighted by Gasteiger charge is 2.20. The van der Waals surface area contributed by atoms with E-state index in [0.29, 0.717) is 6.54 Å². The first kappa shape index (κ1) is 21.5. The van der Waals surface area contributed by atoms with Crippen molar-refractivity contribution < 1.29 is 4.79 Å². The van der Waals surface area contributed by atoms with Crippen molar-refractivity contribution in [1.82, 2.24) is 14.7 Å². The van der Waals surface area contributed by atoms with Gasteiger partial charge in [0, 0.05) is 29.6 Å². The molecule has 0 spiro atoms. The van der Waals surface area contributed by atoms with Gasteiger partial charge in [-0.2, -0.15) is 5.10 Å². The minimum Gasteiger partial charge on any atom is -0.324 e. The molecular formula is C27H28N4O. The number of hydrogen-bond donors (Lipinski definition) is 1. The number of benzene rings is 3. The number of aromatic nitrogens is 2. The maximum atomic E-state index is 13.0. The minimum atomic E-state index is -0.295. The van der Waals surface area contributed by atoms with Crippen LogP contribution in [0.5, 0.6) is 0 Å². The van der Waals surface area contributed by atoms with Crippen LogP contribution >= 0.6 is 0 Å². The van der Waals surface area contributed by atoms with Crippen molar-refractivity contribution in [3.63, 3.8) is 0 Å². The first-order valence-corrected chi connectivity index (χ1v) is 10.8. The maximum absolute atomic E-state index is 13.0. The molecule has 0 saturated heterocycles. The van der Waals surface area contributed by atoms with Gasteiger partial charge in [0.15, 0.2) is 0 Å². The molecule has 4 rings (SSSR count). The molecule has 1 atom stereocenters. The number of likely N-dealkylation sites (N-methyl/N-ethyl adjacent to an activating group) is 1. The molecule has 0 bridgehead atoms. The van der Waals surface area contributed by atoms with Gasteiger partial charge >= 0.3 is 0 Å². The first-order valence-electron chi connectivity index (χ1n) is 10.8. The molecular weight excluding hydrogens is 396 g/mol. The van der Waals surface area contributed by atoms with Gasteiger partial charge < -0.3 is 5.32 Å². The molecule has 32 heavy (non-hydrogen) atoms. The summed E-state index contributed by atoms with van der Waals surface area (Å²) in [5, 5.41) is 7.58. The van der Waals surface area contributed by atoms with Crippen molar-refractivity contribution in [3.8, 4) is 11.1 Å². The first-order chi connectivity index (χ1) is 15.6. The topological polar surface area (TPSA) is 50.2 Å². The number of carbonyl (C=O) groups excluding carboxylic acids is 1. The third-order valence-corrected chi connectivity index (χ3v) is 5.62. The fourth-order valence-corrected chi connectivity index (χ4v) is 3.67. The average Bonchev–Trinajstić information content (AvgIpc) is 3.26. The van der Waals surface area contributed by atoms with Crippen LogP contribution in [0.2, 0.25) is 0 Å². The quantitative estimate of drug-likeness (QED) is 0.430. The number of anilines is 1. The Kier molecular flexibility index (Phi) is 6.78. The Bertz CT molecular complexity index is 1150. The standard InChI is InChI=1S/C27H28N4O/c1-21(27(32)29-26-16-10-9-15-25(26)24-13-7-4-8-14-24)30(2)18-23-17-28-31(20-23)19-22-11-5-3-6-12-22/h3-17,20-21H,18-19H2,1-2H3,(H,29,32)/t21-/m0/s1. The Labute approximate surface area is 189 Å². The number of hydrogen-bond acceptors (Lipinski definition) is 3. The molecule has 162 valence electrons. The summed E-state index contributed by atoms with van der Waals surface area (Å²) in [6.07, 6.45) is 3.91. The predicted molar refractivity (Wildman–Crippen MR) is 129 cm³/mol. The lowest BCUT2D eigenvalue weighted by molar-refractivity contribution is -0.120. The van der Waals surface area contributed by atoms with E-state index in [1.165, 1.54) is 5.56 Å². The van der Waals surface area contributed by atoms with E-state index in [0.717, 1.165) is 28.9 Å². The number of nitrogens with one attached hydrogen (secondary N) is 1. The summed E-state index contributed by atoms with van der Waals surface area (Å²) in [6, 6.07) is 28.0. The van der Waals surface area contributed by atoms with E-state index in [-0.39, 0.29) is 11.9 Å². The highest BCUT2D eigenvalue weighted by molar-refractivity contribution is 5.98. The van der Waals surface area contributed by atoms with E-state index >= 15 is 0 Å². The predicted octanol–water partition coefficient (Wildman–Crippen LogP) is 5.06. The number of carbonyl (C=O) groups is 1. The van der Waals surface area contributed by atoms with Crippen molar-refractivity contribution in [1.29, 1.82) is 0 Å². The van der Waals surface area contributed by atoms with Crippen LogP contribution in [-0.2, 0) is 17.9 Å². The van der Waals surface area contributed by atoms with Gasteiger partial charge in [-0.25, -0.2) is 0 Å². The molecule has 5 nitrogen and oxygen atoms in total.